The average Bonchev–Trinajstić information content (AvgIpc) is 2.25. The van der Waals surface area contributed by atoms with Gasteiger partial charge in [-0.1, -0.05) is 0 Å². The van der Waals surface area contributed by atoms with Crippen LogP contribution in [0, 0.1) is 0 Å². The molecule has 124 valence electrons. The van der Waals surface area contributed by atoms with Crippen molar-refractivity contribution in [2.24, 2.45) is 0 Å². The van der Waals surface area contributed by atoms with Crippen LogP contribution in [0.2, 0.25) is 0 Å². The van der Waals surface area contributed by atoms with Crippen LogP contribution < -0.4 is 0 Å². The molecule has 2 unspecified atom stereocenters. The number of ether oxygens (including phenoxy) is 1. The van der Waals surface area contributed by atoms with E-state index in [0.29, 0.717) is 13.0 Å². The van der Waals surface area contributed by atoms with Crippen molar-refractivity contribution in [3.8, 4) is 0 Å². The highest BCUT2D eigenvalue weighted by atomic mass is 16.6. The van der Waals surface area contributed by atoms with Gasteiger partial charge in [0.05, 0.1) is 11.2 Å². The summed E-state index contributed by atoms with van der Waals surface area (Å²) in [7, 11) is 0. The highest BCUT2D eigenvalue weighted by molar-refractivity contribution is 5.68. The number of likely N-dealkylation sites (tertiary alicyclic amines) is 1. The Morgan fingerprint density at radius 2 is 1.71 bits per heavy atom. The number of rotatable bonds is 3. The van der Waals surface area contributed by atoms with Crippen LogP contribution in [0.15, 0.2) is 0 Å². The topological polar surface area (TPSA) is 70.0 Å². The molecule has 21 heavy (non-hydrogen) atoms. The van der Waals surface area contributed by atoms with Crippen LogP contribution in [0.3, 0.4) is 0 Å². The molecule has 1 rings (SSSR count). The molecule has 0 saturated carbocycles. The molecule has 1 aliphatic rings. The fraction of sp³-hybridized carbons (Fsp3) is 0.938. The van der Waals surface area contributed by atoms with E-state index in [9.17, 15) is 15.0 Å². The van der Waals surface area contributed by atoms with E-state index in [1.54, 1.807) is 25.7 Å². The van der Waals surface area contributed by atoms with Crippen LogP contribution >= 0.6 is 0 Å². The van der Waals surface area contributed by atoms with E-state index >= 15 is 0 Å². The Bertz CT molecular complexity index is 365. The van der Waals surface area contributed by atoms with Crippen molar-refractivity contribution in [2.75, 3.05) is 6.54 Å². The Kier molecular flexibility index (Phi) is 5.32. The number of piperidine rings is 1. The van der Waals surface area contributed by atoms with E-state index in [4.69, 9.17) is 4.74 Å². The molecule has 1 fully saturated rings. The van der Waals surface area contributed by atoms with E-state index < -0.39 is 16.8 Å². The molecule has 0 bridgehead atoms. The molecule has 1 saturated heterocycles. The van der Waals surface area contributed by atoms with E-state index in [1.807, 2.05) is 20.8 Å². The molecular weight excluding hydrogens is 270 g/mol. The Morgan fingerprint density at radius 3 is 2.19 bits per heavy atom. The molecule has 5 nitrogen and oxygen atoms in total. The summed E-state index contributed by atoms with van der Waals surface area (Å²) in [5, 5.41) is 20.6. The van der Waals surface area contributed by atoms with Crippen LogP contribution in [0.25, 0.3) is 0 Å². The van der Waals surface area contributed by atoms with Crippen molar-refractivity contribution in [1.82, 2.24) is 4.90 Å². The molecule has 0 aromatic rings. The molecule has 1 amide bonds. The standard InChI is InChI=1S/C16H31NO4/c1-14(2,3)21-13(18)17-10-8-7-9-12(17)11-16(6,20)15(4,5)19/h12,19-20H,7-11H2,1-6H3. The summed E-state index contributed by atoms with van der Waals surface area (Å²) in [6.45, 7) is 11.0. The maximum absolute atomic E-state index is 12.3. The summed E-state index contributed by atoms with van der Waals surface area (Å²) >= 11 is 0. The fourth-order valence-corrected chi connectivity index (χ4v) is 2.48. The normalized spacial score (nSPS) is 23.6. The Labute approximate surface area is 128 Å². The van der Waals surface area contributed by atoms with E-state index in [0.717, 1.165) is 19.3 Å². The molecular formula is C16H31NO4. The van der Waals surface area contributed by atoms with Crippen LogP contribution in [0.5, 0.6) is 0 Å². The average molecular weight is 301 g/mol. The van der Waals surface area contributed by atoms with Gasteiger partial charge in [-0.2, -0.15) is 0 Å². The minimum absolute atomic E-state index is 0.102. The Morgan fingerprint density at radius 1 is 1.14 bits per heavy atom. The van der Waals surface area contributed by atoms with Crippen LogP contribution in [0.1, 0.15) is 67.2 Å². The second kappa shape index (κ2) is 6.13. The van der Waals surface area contributed by atoms with Gasteiger partial charge in [0.15, 0.2) is 0 Å². The molecule has 0 spiro atoms. The second-order valence-electron chi connectivity index (χ2n) is 7.86. The molecule has 0 aromatic carbocycles. The van der Waals surface area contributed by atoms with Crippen LogP contribution in [-0.2, 0) is 4.74 Å². The number of nitrogens with zero attached hydrogens (tertiary/aromatic N) is 1. The first kappa shape index (κ1) is 18.2. The minimum atomic E-state index is -1.25. The first-order valence-corrected chi connectivity index (χ1v) is 7.78. The SMILES string of the molecule is CC(C)(C)OC(=O)N1CCCCC1CC(C)(O)C(C)(C)O. The summed E-state index contributed by atoms with van der Waals surface area (Å²) in [5.74, 6) is 0. The largest absolute Gasteiger partial charge is 0.444 e. The number of amides is 1. The zero-order chi connectivity index (χ0) is 16.5. The zero-order valence-electron chi connectivity index (χ0n) is 14.3. The fourth-order valence-electron chi connectivity index (χ4n) is 2.48. The third-order valence-electron chi connectivity index (χ3n) is 4.21. The molecule has 2 atom stereocenters. The van der Waals surface area contributed by atoms with Gasteiger partial charge in [0.25, 0.3) is 0 Å². The lowest BCUT2D eigenvalue weighted by Crippen LogP contribution is -2.54. The smallest absolute Gasteiger partial charge is 0.410 e. The number of hydrogen-bond acceptors (Lipinski definition) is 4. The maximum atomic E-state index is 12.3. The van der Waals surface area contributed by atoms with Crippen molar-refractivity contribution >= 4 is 6.09 Å². The first-order valence-electron chi connectivity index (χ1n) is 7.78. The lowest BCUT2D eigenvalue weighted by atomic mass is 9.80. The number of carbonyl (C=O) groups is 1. The number of aliphatic hydroxyl groups is 2. The third kappa shape index (κ3) is 5.15. The number of carbonyl (C=O) groups excluding carboxylic acids is 1. The molecule has 2 N–H and O–H groups in total. The summed E-state index contributed by atoms with van der Waals surface area (Å²) in [4.78, 5) is 14.0. The van der Waals surface area contributed by atoms with Gasteiger partial charge in [0, 0.05) is 12.6 Å². The van der Waals surface area contributed by atoms with Gasteiger partial charge in [-0.3, -0.25) is 0 Å². The summed E-state index contributed by atoms with van der Waals surface area (Å²) in [6.07, 6.45) is 2.80. The van der Waals surface area contributed by atoms with Gasteiger partial charge in [0.2, 0.25) is 0 Å². The van der Waals surface area contributed by atoms with E-state index in [2.05, 4.69) is 0 Å². The maximum Gasteiger partial charge on any atom is 0.410 e. The summed E-state index contributed by atoms with van der Waals surface area (Å²) < 4.78 is 5.45. The van der Waals surface area contributed by atoms with Crippen molar-refractivity contribution < 1.29 is 19.7 Å². The highest BCUT2D eigenvalue weighted by Gasteiger charge is 2.42. The molecule has 1 aliphatic heterocycles. The molecule has 0 radical (unpaired) electrons. The summed E-state index contributed by atoms with van der Waals surface area (Å²) in [6, 6.07) is -0.102. The lowest BCUT2D eigenvalue weighted by Gasteiger charge is -2.43. The van der Waals surface area contributed by atoms with Gasteiger partial charge in [-0.25, -0.2) is 4.79 Å². The van der Waals surface area contributed by atoms with Gasteiger partial charge in [-0.05, 0) is 67.2 Å². The lowest BCUT2D eigenvalue weighted by molar-refractivity contribution is -0.134. The van der Waals surface area contributed by atoms with Crippen molar-refractivity contribution in [3.63, 3.8) is 0 Å². The molecule has 0 aromatic heterocycles. The monoisotopic (exact) mass is 301 g/mol. The van der Waals surface area contributed by atoms with Crippen molar-refractivity contribution in [1.29, 1.82) is 0 Å². The Balaban J connectivity index is 2.81. The predicted octanol–water partition coefficient (Wildman–Crippen LogP) is 2.69. The van der Waals surface area contributed by atoms with Gasteiger partial charge < -0.3 is 19.8 Å². The van der Waals surface area contributed by atoms with Crippen molar-refractivity contribution in [2.45, 2.75) is 90.1 Å². The van der Waals surface area contributed by atoms with Gasteiger partial charge in [0.1, 0.15) is 5.60 Å². The molecule has 1 heterocycles. The van der Waals surface area contributed by atoms with Gasteiger partial charge >= 0.3 is 6.09 Å². The quantitative estimate of drug-likeness (QED) is 0.841. The van der Waals surface area contributed by atoms with Crippen molar-refractivity contribution in [3.05, 3.63) is 0 Å². The Hall–Kier alpha value is -0.810. The van der Waals surface area contributed by atoms with Crippen LogP contribution in [0.4, 0.5) is 4.79 Å². The summed E-state index contributed by atoms with van der Waals surface area (Å²) in [5.41, 5.74) is -3.00. The van der Waals surface area contributed by atoms with E-state index in [1.165, 1.54) is 0 Å². The minimum Gasteiger partial charge on any atom is -0.444 e. The second-order valence-corrected chi connectivity index (χ2v) is 7.86. The first-order chi connectivity index (χ1) is 9.33. The molecule has 5 heteroatoms. The van der Waals surface area contributed by atoms with E-state index in [-0.39, 0.29) is 12.1 Å². The number of hydrogen-bond donors (Lipinski definition) is 2. The molecule has 0 aliphatic carbocycles. The van der Waals surface area contributed by atoms with Crippen LogP contribution in [-0.4, -0.2) is 50.6 Å². The van der Waals surface area contributed by atoms with Gasteiger partial charge in [-0.15, -0.1) is 0 Å². The predicted molar refractivity (Wildman–Crippen MR) is 82.1 cm³/mol. The highest BCUT2D eigenvalue weighted by Crippen LogP contribution is 2.32. The zero-order valence-corrected chi connectivity index (χ0v) is 14.3. The third-order valence-corrected chi connectivity index (χ3v) is 4.21.